The van der Waals surface area contributed by atoms with Crippen LogP contribution < -0.4 is 11.1 Å². The number of nitrogens with two attached hydrogens (primary N) is 1. The summed E-state index contributed by atoms with van der Waals surface area (Å²) in [4.78, 5) is 68.3. The molecule has 1 fully saturated rings. The van der Waals surface area contributed by atoms with Gasteiger partial charge in [0.2, 0.25) is 6.79 Å². The SMILES string of the molecule is Cc1nnc(SCC2=C(C(=O)OCOC(=O)C(C)(C)C)N3C(=O)C(NC(=O)C(=CC(=O)O)c4csc(N)n4)[C@H]3SC2)s1. The van der Waals surface area contributed by atoms with Gasteiger partial charge >= 0.3 is 17.9 Å². The Morgan fingerprint density at radius 1 is 1.26 bits per heavy atom. The second kappa shape index (κ2) is 12.8. The molecule has 0 aliphatic carbocycles. The van der Waals surface area contributed by atoms with E-state index in [1.165, 1.54) is 45.1 Å². The highest BCUT2D eigenvalue weighted by molar-refractivity contribution is 8.01. The molecule has 0 aromatic carbocycles. The molecule has 1 saturated heterocycles. The number of carbonyl (C=O) groups excluding carboxylic acids is 4. The Bertz CT molecular complexity index is 1490. The zero-order valence-corrected chi connectivity index (χ0v) is 26.0. The molecule has 2 amide bonds. The van der Waals surface area contributed by atoms with Crippen molar-refractivity contribution in [3.05, 3.63) is 33.4 Å². The van der Waals surface area contributed by atoms with Crippen LogP contribution in [0.25, 0.3) is 5.57 Å². The van der Waals surface area contributed by atoms with Gasteiger partial charge in [-0.25, -0.2) is 14.6 Å². The topological polar surface area (TPSA) is 204 Å². The van der Waals surface area contributed by atoms with E-state index in [4.69, 9.17) is 15.2 Å². The summed E-state index contributed by atoms with van der Waals surface area (Å²) in [5, 5.41) is 21.6. The highest BCUT2D eigenvalue weighted by atomic mass is 32.2. The lowest BCUT2D eigenvalue weighted by atomic mass is 9.98. The molecule has 4 heterocycles. The number of nitrogen functional groups attached to an aromatic ring is 1. The molecule has 1 unspecified atom stereocenters. The van der Waals surface area contributed by atoms with Crippen molar-refractivity contribution in [3.8, 4) is 0 Å². The third kappa shape index (κ3) is 7.11. The number of nitrogens with one attached hydrogen (secondary N) is 1. The summed E-state index contributed by atoms with van der Waals surface area (Å²) in [5.41, 5.74) is 5.18. The standard InChI is InChI=1S/C24H26N6O8S4/c1-10-28-29-23(42-10)41-7-11-6-39-19-15(27-17(33)12(5-14(31)32)13-8-40-22(25)26-13)18(34)30(19)16(11)20(35)37-9-38-21(36)24(2,3)4/h5,8,15,19H,6-7,9H2,1-4H3,(H2,25,26)(H,27,33)(H,31,32)/t15?,19-/m1/s1. The number of rotatable bonds is 10. The van der Waals surface area contributed by atoms with Crippen molar-refractivity contribution in [3.63, 3.8) is 0 Å². The van der Waals surface area contributed by atoms with E-state index >= 15 is 0 Å². The molecular formula is C24H26N6O8S4. The zero-order chi connectivity index (χ0) is 30.8. The van der Waals surface area contributed by atoms with Crippen LogP contribution in [-0.4, -0.2) is 84.6 Å². The van der Waals surface area contributed by atoms with Gasteiger partial charge in [-0.2, -0.15) is 0 Å². The molecule has 0 saturated carbocycles. The maximum Gasteiger partial charge on any atom is 0.357 e. The summed E-state index contributed by atoms with van der Waals surface area (Å²) in [6.07, 6.45) is 0.685. The minimum absolute atomic E-state index is 0.0108. The van der Waals surface area contributed by atoms with Gasteiger partial charge in [-0.3, -0.25) is 19.3 Å². The number of hydrogen-bond donors (Lipinski definition) is 3. The Hall–Kier alpha value is -3.48. The van der Waals surface area contributed by atoms with Gasteiger partial charge in [0.1, 0.15) is 22.1 Å². The van der Waals surface area contributed by atoms with E-state index in [1.807, 2.05) is 6.92 Å². The molecule has 4 rings (SSSR count). The Morgan fingerprint density at radius 2 is 2.00 bits per heavy atom. The predicted octanol–water partition coefficient (Wildman–Crippen LogP) is 1.89. The van der Waals surface area contributed by atoms with E-state index in [-0.39, 0.29) is 22.1 Å². The van der Waals surface area contributed by atoms with Crippen LogP contribution in [0.5, 0.6) is 0 Å². The van der Waals surface area contributed by atoms with Crippen molar-refractivity contribution in [1.82, 2.24) is 25.4 Å². The lowest BCUT2D eigenvalue weighted by molar-refractivity contribution is -0.173. The summed E-state index contributed by atoms with van der Waals surface area (Å²) in [6.45, 7) is 6.13. The number of esters is 2. The Labute approximate surface area is 256 Å². The van der Waals surface area contributed by atoms with Gasteiger partial charge in [0.25, 0.3) is 11.8 Å². The highest BCUT2D eigenvalue weighted by Crippen LogP contribution is 2.42. The number of β-lactam (4-membered cyclic amide) rings is 1. The molecule has 4 N–H and O–H groups in total. The molecule has 2 aliphatic rings. The maximum absolute atomic E-state index is 13.3. The Balaban J connectivity index is 1.53. The second-order valence-electron chi connectivity index (χ2n) is 9.89. The minimum Gasteiger partial charge on any atom is -0.478 e. The number of hydrogen-bond acceptors (Lipinski definition) is 15. The molecule has 2 aromatic rings. The number of carbonyl (C=O) groups is 5. The first-order valence-corrected chi connectivity index (χ1v) is 15.9. The van der Waals surface area contributed by atoms with Gasteiger partial charge in [-0.15, -0.1) is 33.3 Å². The quantitative estimate of drug-likeness (QED) is 0.110. The van der Waals surface area contributed by atoms with Gasteiger partial charge in [0, 0.05) is 23.0 Å². The number of carboxylic acids is 1. The van der Waals surface area contributed by atoms with Crippen LogP contribution in [0.1, 0.15) is 31.5 Å². The third-order valence-corrected chi connectivity index (χ3v) is 9.78. The molecular weight excluding hydrogens is 629 g/mol. The monoisotopic (exact) mass is 654 g/mol. The molecule has 2 atom stereocenters. The van der Waals surface area contributed by atoms with E-state index in [1.54, 1.807) is 20.8 Å². The number of ether oxygens (including phenoxy) is 2. The molecule has 2 aliphatic heterocycles. The van der Waals surface area contributed by atoms with E-state index < -0.39 is 53.3 Å². The number of carboxylic acid groups (broad SMARTS) is 1. The summed E-state index contributed by atoms with van der Waals surface area (Å²) in [6, 6.07) is -1.06. The van der Waals surface area contributed by atoms with Crippen LogP contribution in [0, 0.1) is 12.3 Å². The van der Waals surface area contributed by atoms with Crippen molar-refractivity contribution in [2.45, 2.75) is 43.5 Å². The fourth-order valence-electron chi connectivity index (χ4n) is 3.70. The van der Waals surface area contributed by atoms with Crippen molar-refractivity contribution in [2.24, 2.45) is 5.41 Å². The van der Waals surface area contributed by atoms with Gasteiger partial charge in [-0.05, 0) is 33.3 Å². The van der Waals surface area contributed by atoms with Crippen molar-refractivity contribution in [1.29, 1.82) is 0 Å². The molecule has 2 aromatic heterocycles. The first-order chi connectivity index (χ1) is 19.8. The summed E-state index contributed by atoms with van der Waals surface area (Å²) in [7, 11) is 0. The number of fused-ring (bicyclic) bond motifs is 1. The average Bonchev–Trinajstić information content (AvgIpc) is 3.54. The molecule has 0 spiro atoms. The zero-order valence-electron chi connectivity index (χ0n) is 22.7. The van der Waals surface area contributed by atoms with Gasteiger partial charge in [-0.1, -0.05) is 23.1 Å². The van der Waals surface area contributed by atoms with Crippen LogP contribution in [0.4, 0.5) is 5.13 Å². The number of aryl methyl sites for hydroxylation is 1. The molecule has 14 nitrogen and oxygen atoms in total. The Morgan fingerprint density at radius 3 is 2.60 bits per heavy atom. The summed E-state index contributed by atoms with van der Waals surface area (Å²) < 4.78 is 11.0. The van der Waals surface area contributed by atoms with Crippen molar-refractivity contribution >= 4 is 86.6 Å². The fourth-order valence-corrected chi connectivity index (χ4v) is 7.56. The lowest BCUT2D eigenvalue weighted by Crippen LogP contribution is -2.70. The number of thioether (sulfide) groups is 2. The number of aromatic nitrogens is 3. The number of anilines is 1. The van der Waals surface area contributed by atoms with Gasteiger partial charge in [0.05, 0.1) is 16.7 Å². The number of thiazole rings is 1. The first kappa shape index (κ1) is 31.5. The fraction of sp³-hybridized carbons (Fsp3) is 0.417. The molecule has 224 valence electrons. The first-order valence-electron chi connectivity index (χ1n) is 12.2. The third-order valence-electron chi connectivity index (χ3n) is 5.71. The van der Waals surface area contributed by atoms with Crippen molar-refractivity contribution < 1.29 is 38.6 Å². The number of aliphatic carboxylic acids is 1. The minimum atomic E-state index is -1.38. The van der Waals surface area contributed by atoms with Gasteiger partial charge in [0.15, 0.2) is 9.47 Å². The van der Waals surface area contributed by atoms with Crippen LogP contribution in [0.15, 0.2) is 27.1 Å². The largest absolute Gasteiger partial charge is 0.478 e. The van der Waals surface area contributed by atoms with E-state index in [2.05, 4.69) is 20.5 Å². The van der Waals surface area contributed by atoms with E-state index in [0.29, 0.717) is 27.5 Å². The molecule has 18 heteroatoms. The normalized spacial score (nSPS) is 18.7. The second-order valence-corrected chi connectivity index (χ2v) is 14.3. The van der Waals surface area contributed by atoms with E-state index in [9.17, 15) is 29.1 Å². The Kier molecular flexibility index (Phi) is 9.59. The van der Waals surface area contributed by atoms with E-state index in [0.717, 1.165) is 16.3 Å². The maximum atomic E-state index is 13.3. The summed E-state index contributed by atoms with van der Waals surface area (Å²) >= 11 is 5.07. The summed E-state index contributed by atoms with van der Waals surface area (Å²) in [5.74, 6) is -3.63. The number of nitrogens with zero attached hydrogens (tertiary/aromatic N) is 4. The smallest absolute Gasteiger partial charge is 0.357 e. The average molecular weight is 655 g/mol. The molecule has 0 radical (unpaired) electrons. The number of amides is 2. The van der Waals surface area contributed by atoms with Crippen LogP contribution in [0.3, 0.4) is 0 Å². The van der Waals surface area contributed by atoms with Crippen molar-refractivity contribution in [2.75, 3.05) is 24.0 Å². The predicted molar refractivity (Wildman–Crippen MR) is 156 cm³/mol. The lowest BCUT2D eigenvalue weighted by Gasteiger charge is -2.49. The molecule has 0 bridgehead atoms. The van der Waals surface area contributed by atoms with Crippen LogP contribution >= 0.6 is 46.2 Å². The van der Waals surface area contributed by atoms with Gasteiger partial charge < -0.3 is 25.6 Å². The van der Waals surface area contributed by atoms with Crippen LogP contribution in [-0.2, 0) is 33.4 Å². The molecule has 42 heavy (non-hydrogen) atoms. The highest BCUT2D eigenvalue weighted by Gasteiger charge is 2.54. The van der Waals surface area contributed by atoms with Crippen LogP contribution in [0.2, 0.25) is 0 Å².